The maximum absolute atomic E-state index is 12.9. The Bertz CT molecular complexity index is 626. The Kier molecular flexibility index (Phi) is 8.89. The van der Waals surface area contributed by atoms with Crippen LogP contribution in [0.2, 0.25) is 0 Å². The smallest absolute Gasteiger partial charge is 0.330 e. The van der Waals surface area contributed by atoms with Gasteiger partial charge < -0.3 is 33.8 Å². The van der Waals surface area contributed by atoms with Crippen molar-refractivity contribution in [3.05, 3.63) is 30.3 Å². The van der Waals surface area contributed by atoms with Crippen LogP contribution in [0.1, 0.15) is 27.2 Å². The summed E-state index contributed by atoms with van der Waals surface area (Å²) < 4.78 is 34.9. The molecule has 3 N–H and O–H groups in total. The van der Waals surface area contributed by atoms with Crippen molar-refractivity contribution in [2.45, 2.75) is 57.9 Å². The molecular weight excluding hydrogens is 387 g/mol. The summed E-state index contributed by atoms with van der Waals surface area (Å²) in [5, 5.41) is 30.6. The van der Waals surface area contributed by atoms with Crippen molar-refractivity contribution in [1.29, 1.82) is 0 Å². The molecule has 1 fully saturated rings. The van der Waals surface area contributed by atoms with Gasteiger partial charge in [0.15, 0.2) is 0 Å². The second-order valence-corrected chi connectivity index (χ2v) is 9.36. The van der Waals surface area contributed by atoms with Crippen LogP contribution in [0.3, 0.4) is 0 Å². The minimum Gasteiger partial charge on any atom is -0.462 e. The third-order valence-electron chi connectivity index (χ3n) is 4.28. The molecule has 1 aromatic carbocycles. The van der Waals surface area contributed by atoms with Gasteiger partial charge in [0.2, 0.25) is 6.29 Å². The first kappa shape index (κ1) is 23.3. The predicted molar refractivity (Wildman–Crippen MR) is 103 cm³/mol. The molecule has 1 saturated heterocycles. The van der Waals surface area contributed by atoms with Crippen molar-refractivity contribution in [3.63, 3.8) is 0 Å². The summed E-state index contributed by atoms with van der Waals surface area (Å²) in [6.45, 7) is 6.11. The fraction of sp³-hybridized carbons (Fsp3) is 0.684. The topological polar surface area (TPSA) is 115 Å². The lowest BCUT2D eigenvalue weighted by Gasteiger charge is -2.40. The van der Waals surface area contributed by atoms with Crippen LogP contribution in [0.5, 0.6) is 5.75 Å². The van der Waals surface area contributed by atoms with E-state index in [0.717, 1.165) is 0 Å². The van der Waals surface area contributed by atoms with Crippen LogP contribution in [0.15, 0.2) is 30.3 Å². The summed E-state index contributed by atoms with van der Waals surface area (Å²) in [4.78, 5) is 0. The highest BCUT2D eigenvalue weighted by atomic mass is 31.2. The fourth-order valence-corrected chi connectivity index (χ4v) is 4.62. The highest BCUT2D eigenvalue weighted by Crippen LogP contribution is 2.49. The van der Waals surface area contributed by atoms with Gasteiger partial charge in [-0.3, -0.25) is 4.57 Å². The Balaban J connectivity index is 2.02. The molecule has 0 saturated carbocycles. The second-order valence-electron chi connectivity index (χ2n) is 7.18. The van der Waals surface area contributed by atoms with E-state index in [1.54, 1.807) is 31.2 Å². The largest absolute Gasteiger partial charge is 0.462 e. The van der Waals surface area contributed by atoms with E-state index in [1.165, 1.54) is 0 Å². The van der Waals surface area contributed by atoms with Gasteiger partial charge in [-0.2, -0.15) is 0 Å². The summed E-state index contributed by atoms with van der Waals surface area (Å²) in [5.74, 6) is 0.639. The molecule has 0 spiro atoms. The molecule has 2 rings (SSSR count). The van der Waals surface area contributed by atoms with E-state index in [0.29, 0.717) is 5.75 Å². The second kappa shape index (κ2) is 10.7. The molecule has 1 aliphatic rings. The van der Waals surface area contributed by atoms with E-state index >= 15 is 0 Å². The van der Waals surface area contributed by atoms with Crippen molar-refractivity contribution in [1.82, 2.24) is 0 Å². The number of ether oxygens (including phenoxy) is 2. The Hall–Kier alpha value is -0.990. The zero-order chi connectivity index (χ0) is 20.7. The van der Waals surface area contributed by atoms with Gasteiger partial charge in [-0.1, -0.05) is 32.0 Å². The van der Waals surface area contributed by atoms with E-state index in [9.17, 15) is 19.9 Å². The van der Waals surface area contributed by atoms with Gasteiger partial charge >= 0.3 is 7.60 Å². The van der Waals surface area contributed by atoms with Gasteiger partial charge in [-0.25, -0.2) is 0 Å². The first-order chi connectivity index (χ1) is 13.3. The van der Waals surface area contributed by atoms with Gasteiger partial charge in [0, 0.05) is 0 Å². The van der Waals surface area contributed by atoms with E-state index in [2.05, 4.69) is 0 Å². The number of aliphatic hydroxyl groups excluding tert-OH is 3. The summed E-state index contributed by atoms with van der Waals surface area (Å²) in [7, 11) is -3.36. The minimum atomic E-state index is -3.36. The quantitative estimate of drug-likeness (QED) is 0.495. The third kappa shape index (κ3) is 6.52. The van der Waals surface area contributed by atoms with Crippen molar-refractivity contribution in [2.75, 3.05) is 19.4 Å². The van der Waals surface area contributed by atoms with Crippen LogP contribution in [0, 0.1) is 5.92 Å². The Morgan fingerprint density at radius 3 is 2.36 bits per heavy atom. The van der Waals surface area contributed by atoms with Gasteiger partial charge in [-0.15, -0.1) is 0 Å². The molecule has 0 amide bonds. The summed E-state index contributed by atoms with van der Waals surface area (Å²) in [6, 6.07) is 8.71. The van der Waals surface area contributed by atoms with Crippen molar-refractivity contribution >= 4 is 7.60 Å². The zero-order valence-corrected chi connectivity index (χ0v) is 17.4. The van der Waals surface area contributed by atoms with E-state index in [4.69, 9.17) is 18.5 Å². The molecule has 1 unspecified atom stereocenters. The normalized spacial score (nSPS) is 30.2. The molecular formula is C19H31O8P. The van der Waals surface area contributed by atoms with Crippen molar-refractivity contribution in [2.24, 2.45) is 5.92 Å². The Morgan fingerprint density at radius 2 is 1.75 bits per heavy atom. The SMILES string of the molecule is CCOP(=O)(CC[C@H]1O[C@H](Oc2ccccc2)[C@@H](O)[C@@H](O)[C@@H]1O)OCC(C)C. The van der Waals surface area contributed by atoms with Crippen molar-refractivity contribution in [3.8, 4) is 5.75 Å². The van der Waals surface area contributed by atoms with Crippen LogP contribution < -0.4 is 4.74 Å². The molecule has 1 aliphatic heterocycles. The Morgan fingerprint density at radius 1 is 1.07 bits per heavy atom. The molecule has 28 heavy (non-hydrogen) atoms. The highest BCUT2D eigenvalue weighted by Gasteiger charge is 2.45. The first-order valence-electron chi connectivity index (χ1n) is 9.55. The molecule has 0 bridgehead atoms. The van der Waals surface area contributed by atoms with Crippen LogP contribution in [0.25, 0.3) is 0 Å². The van der Waals surface area contributed by atoms with Gasteiger partial charge in [0.1, 0.15) is 24.1 Å². The standard InChI is InChI=1S/C19H31O8P/c1-4-24-28(23,25-12-13(2)3)11-10-15-16(20)17(21)18(22)19(27-15)26-14-8-6-5-7-9-14/h5-9,13,15-22H,4,10-12H2,1-3H3/t15-,16-,17+,18+,19+,28?/m1/s1. The molecule has 0 radical (unpaired) electrons. The monoisotopic (exact) mass is 418 g/mol. The zero-order valence-electron chi connectivity index (χ0n) is 16.5. The lowest BCUT2D eigenvalue weighted by Crippen LogP contribution is -2.59. The molecule has 1 aromatic rings. The maximum atomic E-state index is 12.9. The third-order valence-corrected chi connectivity index (χ3v) is 6.28. The van der Waals surface area contributed by atoms with Crippen LogP contribution in [-0.4, -0.2) is 65.4 Å². The molecule has 9 heteroatoms. The number of aliphatic hydroxyl groups is 3. The number of hydrogen-bond donors (Lipinski definition) is 3. The first-order valence-corrected chi connectivity index (χ1v) is 11.3. The minimum absolute atomic E-state index is 0.0101. The predicted octanol–water partition coefficient (Wildman–Crippen LogP) is 2.17. The molecule has 0 aromatic heterocycles. The lowest BCUT2D eigenvalue weighted by molar-refractivity contribution is -0.272. The molecule has 1 heterocycles. The average molecular weight is 418 g/mol. The molecule has 6 atom stereocenters. The highest BCUT2D eigenvalue weighted by molar-refractivity contribution is 7.53. The van der Waals surface area contributed by atoms with E-state index in [1.807, 2.05) is 19.9 Å². The van der Waals surface area contributed by atoms with Gasteiger partial charge in [0.25, 0.3) is 0 Å². The number of rotatable bonds is 10. The number of para-hydroxylation sites is 1. The van der Waals surface area contributed by atoms with Crippen LogP contribution in [0.4, 0.5) is 0 Å². The van der Waals surface area contributed by atoms with E-state index in [-0.39, 0.29) is 31.7 Å². The van der Waals surface area contributed by atoms with Crippen molar-refractivity contribution < 1.29 is 38.4 Å². The summed E-state index contributed by atoms with van der Waals surface area (Å²) in [6.07, 6.45) is -6.20. The maximum Gasteiger partial charge on any atom is 0.330 e. The molecule has 0 aliphatic carbocycles. The molecule has 8 nitrogen and oxygen atoms in total. The van der Waals surface area contributed by atoms with Crippen LogP contribution >= 0.6 is 7.60 Å². The summed E-state index contributed by atoms with van der Waals surface area (Å²) in [5.41, 5.74) is 0. The van der Waals surface area contributed by atoms with Gasteiger partial charge in [-0.05, 0) is 31.4 Å². The van der Waals surface area contributed by atoms with Gasteiger partial charge in [0.05, 0.1) is 25.5 Å². The number of benzene rings is 1. The van der Waals surface area contributed by atoms with Crippen LogP contribution in [-0.2, 0) is 18.3 Å². The number of hydrogen-bond acceptors (Lipinski definition) is 8. The van der Waals surface area contributed by atoms with E-state index < -0.39 is 38.3 Å². The molecule has 160 valence electrons. The lowest BCUT2D eigenvalue weighted by atomic mass is 9.97. The Labute approximate surface area is 165 Å². The average Bonchev–Trinajstić information content (AvgIpc) is 2.67. The fourth-order valence-electron chi connectivity index (χ4n) is 2.80. The summed E-state index contributed by atoms with van der Waals surface area (Å²) >= 11 is 0.